The van der Waals surface area contributed by atoms with Crippen LogP contribution in [0.4, 0.5) is 0 Å². The van der Waals surface area contributed by atoms with E-state index >= 15 is 0 Å². The molecule has 10 aliphatic carbocycles. The highest BCUT2D eigenvalue weighted by atomic mass is 32.2. The summed E-state index contributed by atoms with van der Waals surface area (Å²) in [6.45, 7) is 0. The summed E-state index contributed by atoms with van der Waals surface area (Å²) in [6.07, 6.45) is 3.50. The summed E-state index contributed by atoms with van der Waals surface area (Å²) in [5.41, 5.74) is 14.6. The smallest absolute Gasteiger partial charge is 0.346 e. The monoisotopic (exact) mass is 1410 g/mol. The molecule has 16 heteroatoms. The quantitative estimate of drug-likeness (QED) is 0.0947. The van der Waals surface area contributed by atoms with Crippen molar-refractivity contribution >= 4 is 366 Å². The molecule has 38 rings (SSSR count). The Morgan fingerprint density at radius 1 is 0.210 bits per heavy atom. The molecule has 0 bridgehead atoms. The molecular weight excluding hydrogens is 1390 g/mol. The number of hydrogen-bond donors (Lipinski definition) is 0. The molecule has 0 saturated carbocycles. The van der Waals surface area contributed by atoms with Gasteiger partial charge in [-0.05, 0) is 329 Å². The molecule has 452 valence electrons. The maximum absolute atomic E-state index is 13.7. The Bertz CT molecular complexity index is 8600. The van der Waals surface area contributed by atoms with Crippen LogP contribution in [0.5, 0.6) is 0 Å². The number of allylic oxidation sites excluding steroid dienone is 4. The van der Waals surface area contributed by atoms with Crippen molar-refractivity contribution in [2.45, 2.75) is 47.3 Å². The Labute approximate surface area is 586 Å². The summed E-state index contributed by atoms with van der Waals surface area (Å²) >= 11 is 13.3. The zero-order valence-corrected chi connectivity index (χ0v) is 57.9. The van der Waals surface area contributed by atoms with E-state index in [0.29, 0.717) is 19.6 Å². The molecule has 0 aromatic heterocycles. The van der Waals surface area contributed by atoms with Crippen molar-refractivity contribution in [3.8, 4) is 11.1 Å². The fourth-order valence-electron chi connectivity index (χ4n) is 30.0. The average Bonchev–Trinajstić information content (AvgIpc) is 1.37. The zero-order chi connectivity index (χ0) is 62.9. The van der Waals surface area contributed by atoms with Crippen molar-refractivity contribution in [2.75, 3.05) is 28.4 Å². The molecule has 100 heavy (non-hydrogen) atoms. The van der Waals surface area contributed by atoms with Gasteiger partial charge in [-0.25, -0.2) is 19.2 Å². The molecule has 4 aliphatic heterocycles. The molecule has 0 radical (unpaired) electrons. The molecular formula is C84H20O8S8. The molecule has 0 fully saturated rings. The van der Waals surface area contributed by atoms with Gasteiger partial charge in [-0.1, -0.05) is 94.1 Å². The second-order valence-corrected chi connectivity index (χ2v) is 41.8. The molecule has 4 heterocycles. The molecule has 0 N–H and O–H groups in total. The predicted molar refractivity (Wildman–Crippen MR) is 416 cm³/mol. The van der Waals surface area contributed by atoms with E-state index in [-0.39, 0.29) is 0 Å². The third-order valence-electron chi connectivity index (χ3n) is 31.1. The minimum atomic E-state index is -0.508. The van der Waals surface area contributed by atoms with Crippen molar-refractivity contribution < 1.29 is 38.1 Å². The van der Waals surface area contributed by atoms with Crippen molar-refractivity contribution in [2.24, 2.45) is 0 Å². The molecule has 0 saturated heterocycles. The van der Waals surface area contributed by atoms with Crippen LogP contribution in [0.1, 0.15) is 70.2 Å². The summed E-state index contributed by atoms with van der Waals surface area (Å²) in [4.78, 5) is 62.0. The van der Waals surface area contributed by atoms with Crippen LogP contribution in [0.15, 0.2) is 56.2 Å². The van der Waals surface area contributed by atoms with Gasteiger partial charge >= 0.3 is 23.9 Å². The number of ether oxygens (including phenoxy) is 4. The van der Waals surface area contributed by atoms with Crippen LogP contribution in [-0.4, -0.2) is 52.3 Å². The van der Waals surface area contributed by atoms with Crippen LogP contribution >= 0.6 is 94.1 Å². The van der Waals surface area contributed by atoms with E-state index in [1.165, 1.54) is 95.1 Å². The molecule has 14 aliphatic rings. The van der Waals surface area contributed by atoms with Gasteiger partial charge in [-0.15, -0.1) is 0 Å². The predicted octanol–water partition coefficient (Wildman–Crippen LogP) is 22.1. The lowest BCUT2D eigenvalue weighted by Gasteiger charge is -2.58. The number of thioether (sulfide) groups is 8. The van der Waals surface area contributed by atoms with Crippen LogP contribution in [0, 0.1) is 0 Å². The molecule has 8 nitrogen and oxygen atoms in total. The second-order valence-electron chi connectivity index (χ2n) is 32.3. The molecule has 4 spiro atoms. The van der Waals surface area contributed by atoms with Crippen molar-refractivity contribution in [1.29, 1.82) is 0 Å². The fraction of sp³-hybridized carbons (Fsp3) is 0.143. The van der Waals surface area contributed by atoms with Crippen LogP contribution in [0.2, 0.25) is 0 Å². The lowest BCUT2D eigenvalue weighted by Crippen LogP contribution is -2.54. The van der Waals surface area contributed by atoms with E-state index in [4.69, 9.17) is 18.9 Å². The van der Waals surface area contributed by atoms with Crippen LogP contribution in [0.3, 0.4) is 0 Å². The summed E-state index contributed by atoms with van der Waals surface area (Å²) in [5, 5.41) is 72.9. The molecule has 2 atom stereocenters. The summed E-state index contributed by atoms with van der Waals surface area (Å²) in [7, 11) is 5.61. The van der Waals surface area contributed by atoms with E-state index in [1.54, 1.807) is 303 Å². The lowest BCUT2D eigenvalue weighted by atomic mass is 9.44. The maximum Gasteiger partial charge on any atom is 0.346 e. The van der Waals surface area contributed by atoms with Crippen LogP contribution in [-0.2, 0) is 59.8 Å². The van der Waals surface area contributed by atoms with Gasteiger partial charge in [0.25, 0.3) is 0 Å². The standard InChI is InChI=1S/C84H20O8S8/c1-89-73(85)69-70(74(86)90-2)98-79(97-69)77-93-9-5-81-61-47-37-26-17-13-14-16-21-15(13)22-19-24(17)32(37)43-35-28(19)39-30(22)41-34(21)42-31-23(16)20-25-18(14)27(26)38-33(25)44-36-29(20)40(31)52-56-46(36)58(54(44)62(81)48(38)47)68-60-59-65-55(45(35)57(53(43)61)67(59)84(68,81)8-12(9)96-77)51(39)63-49(41)50(42)64(52)83(66(56)60)7-11-10(6-82(63,65)83)94-78(95-11)80-99-71(75(87)91-3)72(100-80)76(88)92-4/h5-8H2,1-4H3. The second kappa shape index (κ2) is 11.9. The number of carbonyl (C=O) groups excluding carboxylic acids is 4. The average molecular weight is 1410 g/mol. The van der Waals surface area contributed by atoms with E-state index < -0.39 is 45.5 Å². The van der Waals surface area contributed by atoms with E-state index in [2.05, 4.69) is 0 Å². The lowest BCUT2D eigenvalue weighted by molar-refractivity contribution is -0.138. The Kier molecular flexibility index (Phi) is 5.54. The van der Waals surface area contributed by atoms with Gasteiger partial charge < -0.3 is 18.9 Å². The Balaban J connectivity index is 0.797. The minimum Gasteiger partial charge on any atom is -0.465 e. The number of hydrogen-bond acceptors (Lipinski definition) is 16. The number of methoxy groups -OCH3 is 4. The normalized spacial score (nSPS) is 26.2. The SMILES string of the molecule is COC(=O)C1=C(C(=O)OC)SC(=C2SC3=C(CC45c6c7c8c9c%10c%11c%12c%13c%14c%15c%16c(c-7c7c%17c%18c(c%19c%20c4c4c6c9c6c%10c9c%12c%10c%12c%13c%13c%15c(c%16%17)c%15c%18c%16c%19c%17c%20c%18c4c6c4c9c%10c6c(c%184)c%17c4c%16c%15c%13c%12c46)C75C3)C83CC4=C(CC%14%113)SC(=C3SC(C(=O)OC)=C(C(=O)OC)S3)S4)S2)S1. The van der Waals surface area contributed by atoms with Gasteiger partial charge in [0.15, 0.2) is 0 Å². The van der Waals surface area contributed by atoms with Crippen molar-refractivity contribution in [3.05, 3.63) is 101 Å². The molecule has 2 unspecified atom stereocenters. The first kappa shape index (κ1) is 46.4. The molecule has 0 amide bonds. The topological polar surface area (TPSA) is 105 Å². The highest BCUT2D eigenvalue weighted by Crippen LogP contribution is 2.92. The number of benzene rings is 16. The number of esters is 4. The van der Waals surface area contributed by atoms with Gasteiger partial charge in [-0.3, -0.25) is 0 Å². The van der Waals surface area contributed by atoms with Gasteiger partial charge in [-0.2, -0.15) is 0 Å². The Morgan fingerprint density at radius 3 is 0.540 bits per heavy atom. The zero-order valence-electron chi connectivity index (χ0n) is 51.4. The third-order valence-corrected chi connectivity index (χ3v) is 42.6. The molecule has 24 aromatic carbocycles. The van der Waals surface area contributed by atoms with Crippen molar-refractivity contribution in [1.82, 2.24) is 0 Å². The van der Waals surface area contributed by atoms with Crippen molar-refractivity contribution in [3.63, 3.8) is 0 Å². The van der Waals surface area contributed by atoms with Crippen LogP contribution in [0.25, 0.3) is 259 Å². The minimum absolute atomic E-state index is 0.305. The first-order chi connectivity index (χ1) is 49.2. The largest absolute Gasteiger partial charge is 0.465 e. The van der Waals surface area contributed by atoms with Gasteiger partial charge in [0.2, 0.25) is 0 Å². The Hall–Kier alpha value is -8.16. The summed E-state index contributed by atoms with van der Waals surface area (Å²) in [5.74, 6) is -2.03. The van der Waals surface area contributed by atoms with E-state index in [1.807, 2.05) is 47.0 Å². The van der Waals surface area contributed by atoms with E-state index in [9.17, 15) is 19.2 Å². The highest BCUT2D eigenvalue weighted by molar-refractivity contribution is 8.35. The van der Waals surface area contributed by atoms with Gasteiger partial charge in [0.1, 0.15) is 19.6 Å². The number of rotatable bonds is 4. The maximum atomic E-state index is 13.7. The third kappa shape index (κ3) is 3.11. The molecule has 24 aromatic rings. The summed E-state index contributed by atoms with van der Waals surface area (Å²) < 4.78 is 25.8. The van der Waals surface area contributed by atoms with Crippen LogP contribution < -0.4 is 0 Å². The number of carbonyl (C=O) groups is 4. The van der Waals surface area contributed by atoms with E-state index in [0.717, 1.165) is 42.6 Å². The van der Waals surface area contributed by atoms with Gasteiger partial charge in [0, 0.05) is 41.3 Å². The fourth-order valence-corrected chi connectivity index (χ4v) is 41.4. The highest BCUT2D eigenvalue weighted by Gasteiger charge is 2.78. The summed E-state index contributed by atoms with van der Waals surface area (Å²) in [6, 6.07) is 0. The van der Waals surface area contributed by atoms with Gasteiger partial charge in [0.05, 0.1) is 45.4 Å². The Morgan fingerprint density at radius 2 is 0.350 bits per heavy atom. The first-order valence-electron chi connectivity index (χ1n) is 34.4. The first-order valence-corrected chi connectivity index (χ1v) is 40.9.